The lowest BCUT2D eigenvalue weighted by molar-refractivity contribution is -0.126. The maximum Gasteiger partial charge on any atom is 0.251 e. The zero-order valence-corrected chi connectivity index (χ0v) is 17.5. The van der Waals surface area contributed by atoms with Crippen molar-refractivity contribution in [1.29, 1.82) is 0 Å². The molecule has 0 aromatic heterocycles. The van der Waals surface area contributed by atoms with Crippen LogP contribution in [0.1, 0.15) is 35.7 Å². The molecule has 1 N–H and O–H groups in total. The summed E-state index contributed by atoms with van der Waals surface area (Å²) in [6.45, 7) is 3.72. The Kier molecular flexibility index (Phi) is 7.49. The molecule has 0 spiro atoms. The Labute approximate surface area is 177 Å². The fraction of sp³-hybridized carbons (Fsp3) is 0.333. The van der Waals surface area contributed by atoms with Gasteiger partial charge in [-0.3, -0.25) is 9.59 Å². The van der Waals surface area contributed by atoms with Gasteiger partial charge in [-0.1, -0.05) is 24.3 Å². The van der Waals surface area contributed by atoms with Gasteiger partial charge < -0.3 is 19.7 Å². The average Bonchev–Trinajstić information content (AvgIpc) is 2.79. The van der Waals surface area contributed by atoms with Crippen molar-refractivity contribution in [3.63, 3.8) is 0 Å². The van der Waals surface area contributed by atoms with Crippen molar-refractivity contribution in [2.45, 2.75) is 25.8 Å². The molecule has 6 heteroatoms. The molecular weight excluding hydrogens is 380 g/mol. The maximum absolute atomic E-state index is 12.5. The summed E-state index contributed by atoms with van der Waals surface area (Å²) in [6.07, 6.45) is 4.85. The van der Waals surface area contributed by atoms with Crippen molar-refractivity contribution < 1.29 is 19.1 Å². The molecule has 1 saturated heterocycles. The number of carbonyl (C=O) groups excluding carboxylic acids is 2. The van der Waals surface area contributed by atoms with Gasteiger partial charge in [0, 0.05) is 30.8 Å². The minimum Gasteiger partial charge on any atom is -0.493 e. The van der Waals surface area contributed by atoms with Gasteiger partial charge in [-0.25, -0.2) is 0 Å². The minimum atomic E-state index is -0.0651. The number of amides is 2. The Hall–Kier alpha value is -3.28. The molecule has 2 aromatic carbocycles. The number of hydrogen-bond acceptors (Lipinski definition) is 4. The van der Waals surface area contributed by atoms with Crippen LogP contribution in [0.15, 0.2) is 54.6 Å². The number of piperidine rings is 1. The second kappa shape index (κ2) is 10.5. The summed E-state index contributed by atoms with van der Waals surface area (Å²) in [4.78, 5) is 26.6. The summed E-state index contributed by atoms with van der Waals surface area (Å²) in [5.41, 5.74) is 1.53. The number of nitrogens with zero attached hydrogens (tertiary/aromatic N) is 1. The lowest BCUT2D eigenvalue weighted by Gasteiger charge is -2.31. The van der Waals surface area contributed by atoms with E-state index in [1.807, 2.05) is 48.2 Å². The molecule has 0 aliphatic carbocycles. The summed E-state index contributed by atoms with van der Waals surface area (Å²) in [5, 5.41) is 3.06. The van der Waals surface area contributed by atoms with Gasteiger partial charge in [-0.2, -0.15) is 0 Å². The fourth-order valence-corrected chi connectivity index (χ4v) is 3.44. The van der Waals surface area contributed by atoms with Crippen LogP contribution in [0.2, 0.25) is 0 Å². The smallest absolute Gasteiger partial charge is 0.251 e. The largest absolute Gasteiger partial charge is 0.493 e. The molecule has 0 saturated carbocycles. The lowest BCUT2D eigenvalue weighted by atomic mass is 10.0. The van der Waals surface area contributed by atoms with Gasteiger partial charge in [0.05, 0.1) is 13.7 Å². The zero-order chi connectivity index (χ0) is 21.3. The molecule has 6 nitrogen and oxygen atoms in total. The van der Waals surface area contributed by atoms with E-state index in [0.29, 0.717) is 36.8 Å². The number of carbonyl (C=O) groups is 2. The highest BCUT2D eigenvalue weighted by atomic mass is 16.5. The molecule has 1 aliphatic rings. The van der Waals surface area contributed by atoms with Crippen LogP contribution in [0.3, 0.4) is 0 Å². The number of hydrogen-bond donors (Lipinski definition) is 1. The third-order valence-electron chi connectivity index (χ3n) is 5.08. The van der Waals surface area contributed by atoms with E-state index in [4.69, 9.17) is 9.47 Å². The molecule has 1 aliphatic heterocycles. The summed E-state index contributed by atoms with van der Waals surface area (Å²) in [6, 6.07) is 14.9. The lowest BCUT2D eigenvalue weighted by Crippen LogP contribution is -2.46. The summed E-state index contributed by atoms with van der Waals surface area (Å²) in [7, 11) is 1.59. The first-order valence-corrected chi connectivity index (χ1v) is 10.2. The zero-order valence-electron chi connectivity index (χ0n) is 17.5. The molecular formula is C24H28N2O4. The van der Waals surface area contributed by atoms with Gasteiger partial charge in [-0.05, 0) is 55.7 Å². The van der Waals surface area contributed by atoms with Crippen molar-refractivity contribution >= 4 is 17.9 Å². The van der Waals surface area contributed by atoms with E-state index in [1.165, 1.54) is 0 Å². The van der Waals surface area contributed by atoms with Crippen LogP contribution < -0.4 is 14.8 Å². The third kappa shape index (κ3) is 5.63. The van der Waals surface area contributed by atoms with E-state index >= 15 is 0 Å². The summed E-state index contributed by atoms with van der Waals surface area (Å²) < 4.78 is 10.9. The Balaban J connectivity index is 1.51. The van der Waals surface area contributed by atoms with Crippen LogP contribution in [0, 0.1) is 0 Å². The molecule has 0 atom stereocenters. The Morgan fingerprint density at radius 1 is 1.10 bits per heavy atom. The van der Waals surface area contributed by atoms with E-state index in [0.717, 1.165) is 18.4 Å². The molecule has 0 bridgehead atoms. The van der Waals surface area contributed by atoms with Gasteiger partial charge in [0.25, 0.3) is 5.91 Å². The van der Waals surface area contributed by atoms with Gasteiger partial charge in [0.1, 0.15) is 0 Å². The quantitative estimate of drug-likeness (QED) is 0.712. The van der Waals surface area contributed by atoms with E-state index < -0.39 is 0 Å². The predicted octanol–water partition coefficient (Wildman–Crippen LogP) is 3.53. The molecule has 1 fully saturated rings. The van der Waals surface area contributed by atoms with Gasteiger partial charge in [-0.15, -0.1) is 0 Å². The van der Waals surface area contributed by atoms with Gasteiger partial charge in [0.15, 0.2) is 11.5 Å². The van der Waals surface area contributed by atoms with Crippen molar-refractivity contribution in [3.8, 4) is 11.5 Å². The topological polar surface area (TPSA) is 67.9 Å². The first kappa shape index (κ1) is 21.4. The normalized spacial score (nSPS) is 14.5. The third-order valence-corrected chi connectivity index (χ3v) is 5.08. The maximum atomic E-state index is 12.5. The first-order valence-electron chi connectivity index (χ1n) is 10.2. The SMILES string of the molecule is CCOc1ccc(/C=C/C(=O)N2CCC(NC(=O)c3ccccc3)CC2)cc1OC. The summed E-state index contributed by atoms with van der Waals surface area (Å²) in [5.74, 6) is 1.23. The van der Waals surface area contributed by atoms with E-state index in [1.54, 1.807) is 31.4 Å². The van der Waals surface area contributed by atoms with Crippen LogP contribution in [0.5, 0.6) is 11.5 Å². The van der Waals surface area contributed by atoms with E-state index in [9.17, 15) is 9.59 Å². The number of rotatable bonds is 7. The fourth-order valence-electron chi connectivity index (χ4n) is 3.44. The Bertz CT molecular complexity index is 887. The molecule has 0 radical (unpaired) electrons. The molecule has 3 rings (SSSR count). The molecule has 2 amide bonds. The van der Waals surface area contributed by atoms with Crippen LogP contribution in [0.25, 0.3) is 6.08 Å². The second-order valence-electron chi connectivity index (χ2n) is 7.12. The van der Waals surface area contributed by atoms with E-state index in [-0.39, 0.29) is 17.9 Å². The van der Waals surface area contributed by atoms with Gasteiger partial charge in [0.2, 0.25) is 5.91 Å². The molecule has 30 heavy (non-hydrogen) atoms. The molecule has 1 heterocycles. The van der Waals surface area contributed by atoms with Crippen molar-refractivity contribution in [2.75, 3.05) is 26.8 Å². The van der Waals surface area contributed by atoms with Crippen LogP contribution in [-0.2, 0) is 4.79 Å². The minimum absolute atomic E-state index is 0.0318. The van der Waals surface area contributed by atoms with E-state index in [2.05, 4.69) is 5.32 Å². The van der Waals surface area contributed by atoms with Crippen molar-refractivity contribution in [3.05, 3.63) is 65.7 Å². The average molecular weight is 408 g/mol. The Morgan fingerprint density at radius 3 is 2.50 bits per heavy atom. The second-order valence-corrected chi connectivity index (χ2v) is 7.12. The molecule has 2 aromatic rings. The highest BCUT2D eigenvalue weighted by Crippen LogP contribution is 2.28. The highest BCUT2D eigenvalue weighted by Gasteiger charge is 2.23. The molecule has 0 unspecified atom stereocenters. The number of ether oxygens (including phenoxy) is 2. The van der Waals surface area contributed by atoms with Crippen LogP contribution in [-0.4, -0.2) is 49.6 Å². The summed E-state index contributed by atoms with van der Waals surface area (Å²) >= 11 is 0. The van der Waals surface area contributed by atoms with Crippen molar-refractivity contribution in [2.24, 2.45) is 0 Å². The molecule has 158 valence electrons. The number of nitrogens with one attached hydrogen (secondary N) is 1. The monoisotopic (exact) mass is 408 g/mol. The van der Waals surface area contributed by atoms with Crippen LogP contribution >= 0.6 is 0 Å². The Morgan fingerprint density at radius 2 is 1.83 bits per heavy atom. The van der Waals surface area contributed by atoms with Gasteiger partial charge >= 0.3 is 0 Å². The number of benzene rings is 2. The number of methoxy groups -OCH3 is 1. The van der Waals surface area contributed by atoms with Crippen molar-refractivity contribution in [1.82, 2.24) is 10.2 Å². The first-order chi connectivity index (χ1) is 14.6. The standard InChI is InChI=1S/C24H28N2O4/c1-3-30-21-11-9-18(17-22(21)29-2)10-12-23(27)26-15-13-20(14-16-26)25-24(28)19-7-5-4-6-8-19/h4-12,17,20H,3,13-16H2,1-2H3,(H,25,28)/b12-10+. The number of likely N-dealkylation sites (tertiary alicyclic amines) is 1. The predicted molar refractivity (Wildman–Crippen MR) is 117 cm³/mol. The highest BCUT2D eigenvalue weighted by molar-refractivity contribution is 5.94. The van der Waals surface area contributed by atoms with Crippen LogP contribution in [0.4, 0.5) is 0 Å².